The van der Waals surface area contributed by atoms with Crippen LogP contribution in [0.2, 0.25) is 0 Å². The maximum Gasteiger partial charge on any atom is 0.123 e. The van der Waals surface area contributed by atoms with E-state index < -0.39 is 0 Å². The van der Waals surface area contributed by atoms with Crippen molar-refractivity contribution in [2.45, 2.75) is 52.0 Å². The molecule has 0 aromatic heterocycles. The smallest absolute Gasteiger partial charge is 0.123 e. The number of benzene rings is 1. The lowest BCUT2D eigenvalue weighted by Gasteiger charge is -2.35. The third-order valence-electron chi connectivity index (χ3n) is 4.91. The van der Waals surface area contributed by atoms with Crippen LogP contribution in [0, 0.1) is 18.8 Å². The van der Waals surface area contributed by atoms with Gasteiger partial charge in [-0.1, -0.05) is 38.3 Å². The van der Waals surface area contributed by atoms with Crippen molar-refractivity contribution in [2.75, 3.05) is 14.2 Å². The Kier molecular flexibility index (Phi) is 5.47. The Morgan fingerprint density at radius 1 is 1.35 bits per heavy atom. The van der Waals surface area contributed by atoms with Gasteiger partial charge in [0.05, 0.1) is 7.11 Å². The number of rotatable bonds is 5. The van der Waals surface area contributed by atoms with Gasteiger partial charge >= 0.3 is 0 Å². The van der Waals surface area contributed by atoms with Crippen LogP contribution in [-0.2, 0) is 0 Å². The van der Waals surface area contributed by atoms with Crippen molar-refractivity contribution in [2.24, 2.45) is 11.8 Å². The van der Waals surface area contributed by atoms with Crippen LogP contribution in [0.25, 0.3) is 0 Å². The molecule has 2 rings (SSSR count). The molecule has 1 aliphatic carbocycles. The number of hydrogen-bond donors (Lipinski definition) is 1. The minimum absolute atomic E-state index is 0.417. The molecule has 0 saturated heterocycles. The van der Waals surface area contributed by atoms with E-state index in [9.17, 15) is 0 Å². The van der Waals surface area contributed by atoms with Gasteiger partial charge in [0.25, 0.3) is 0 Å². The monoisotopic (exact) mass is 275 g/mol. The summed E-state index contributed by atoms with van der Waals surface area (Å²) < 4.78 is 5.61. The van der Waals surface area contributed by atoms with Gasteiger partial charge in [-0.3, -0.25) is 0 Å². The van der Waals surface area contributed by atoms with Crippen molar-refractivity contribution in [1.82, 2.24) is 5.32 Å². The van der Waals surface area contributed by atoms with E-state index in [0.717, 1.165) is 17.6 Å². The maximum atomic E-state index is 5.61. The average Bonchev–Trinajstić information content (AvgIpc) is 2.49. The fourth-order valence-electron chi connectivity index (χ4n) is 3.73. The summed E-state index contributed by atoms with van der Waals surface area (Å²) in [5, 5.41) is 3.55. The average molecular weight is 275 g/mol. The summed E-state index contributed by atoms with van der Waals surface area (Å²) in [7, 11) is 3.86. The highest BCUT2D eigenvalue weighted by atomic mass is 16.5. The summed E-state index contributed by atoms with van der Waals surface area (Å²) in [6.45, 7) is 4.45. The van der Waals surface area contributed by atoms with Crippen molar-refractivity contribution < 1.29 is 4.74 Å². The predicted octanol–water partition coefficient (Wildman–Crippen LogP) is 4.48. The highest BCUT2D eigenvalue weighted by molar-refractivity contribution is 5.39. The zero-order valence-electron chi connectivity index (χ0n) is 13.4. The molecule has 1 fully saturated rings. The lowest BCUT2D eigenvalue weighted by Crippen LogP contribution is -2.29. The number of aryl methyl sites for hydroxylation is 1. The zero-order chi connectivity index (χ0) is 14.5. The van der Waals surface area contributed by atoms with E-state index in [1.807, 2.05) is 0 Å². The molecule has 3 atom stereocenters. The Hall–Kier alpha value is -1.02. The maximum absolute atomic E-state index is 5.61. The van der Waals surface area contributed by atoms with Crippen LogP contribution in [-0.4, -0.2) is 14.2 Å². The van der Waals surface area contributed by atoms with Gasteiger partial charge in [-0.25, -0.2) is 0 Å². The molecule has 3 unspecified atom stereocenters. The fraction of sp³-hybridized carbons (Fsp3) is 0.667. The van der Waals surface area contributed by atoms with Crippen molar-refractivity contribution in [3.63, 3.8) is 0 Å². The largest absolute Gasteiger partial charge is 0.496 e. The molecule has 1 aromatic carbocycles. The summed E-state index contributed by atoms with van der Waals surface area (Å²) in [5.74, 6) is 2.67. The molecule has 0 spiro atoms. The van der Waals surface area contributed by atoms with Crippen LogP contribution < -0.4 is 10.1 Å². The Morgan fingerprint density at radius 3 is 2.80 bits per heavy atom. The second-order valence-electron chi connectivity index (χ2n) is 6.21. The van der Waals surface area contributed by atoms with E-state index in [2.05, 4.69) is 44.4 Å². The topological polar surface area (TPSA) is 21.3 Å². The number of methoxy groups -OCH3 is 1. The van der Waals surface area contributed by atoms with E-state index in [0.29, 0.717) is 6.04 Å². The van der Waals surface area contributed by atoms with Gasteiger partial charge in [0, 0.05) is 11.6 Å². The first-order chi connectivity index (χ1) is 9.69. The molecule has 2 nitrogen and oxygen atoms in total. The minimum atomic E-state index is 0.417. The van der Waals surface area contributed by atoms with Gasteiger partial charge in [-0.2, -0.15) is 0 Å². The first kappa shape index (κ1) is 15.4. The molecule has 0 heterocycles. The van der Waals surface area contributed by atoms with Crippen molar-refractivity contribution >= 4 is 0 Å². The predicted molar refractivity (Wildman–Crippen MR) is 85.3 cm³/mol. The molecular weight excluding hydrogens is 246 g/mol. The van der Waals surface area contributed by atoms with Crippen LogP contribution in [0.1, 0.15) is 56.2 Å². The number of hydrogen-bond acceptors (Lipinski definition) is 2. The summed E-state index contributed by atoms with van der Waals surface area (Å²) in [6.07, 6.45) is 6.78. The standard InChI is InChI=1S/C18H29NO/c1-5-14-7-6-8-15(12-14)18(19-3)16-10-9-13(2)11-17(16)20-4/h9-11,14-15,18-19H,5-8,12H2,1-4H3. The van der Waals surface area contributed by atoms with E-state index in [1.165, 1.54) is 43.2 Å². The Morgan fingerprint density at radius 2 is 2.15 bits per heavy atom. The first-order valence-corrected chi connectivity index (χ1v) is 8.01. The third-order valence-corrected chi connectivity index (χ3v) is 4.91. The molecule has 0 bridgehead atoms. The minimum Gasteiger partial charge on any atom is -0.496 e. The van der Waals surface area contributed by atoms with E-state index in [-0.39, 0.29) is 0 Å². The number of nitrogens with one attached hydrogen (secondary N) is 1. The highest BCUT2D eigenvalue weighted by Crippen LogP contribution is 2.40. The molecule has 0 aliphatic heterocycles. The van der Waals surface area contributed by atoms with Crippen LogP contribution in [0.4, 0.5) is 0 Å². The van der Waals surface area contributed by atoms with Crippen LogP contribution in [0.15, 0.2) is 18.2 Å². The summed E-state index contributed by atoms with van der Waals surface area (Å²) in [4.78, 5) is 0. The summed E-state index contributed by atoms with van der Waals surface area (Å²) in [5.41, 5.74) is 2.58. The molecule has 20 heavy (non-hydrogen) atoms. The quantitative estimate of drug-likeness (QED) is 0.855. The first-order valence-electron chi connectivity index (χ1n) is 8.01. The SMILES string of the molecule is CCC1CCCC(C(NC)c2ccc(C)cc2OC)C1. The second kappa shape index (κ2) is 7.12. The Balaban J connectivity index is 2.23. The molecule has 1 N–H and O–H groups in total. The van der Waals surface area contributed by atoms with Gasteiger partial charge in [0.1, 0.15) is 5.75 Å². The molecular formula is C18H29NO. The van der Waals surface area contributed by atoms with Gasteiger partial charge in [-0.05, 0) is 50.3 Å². The summed E-state index contributed by atoms with van der Waals surface area (Å²) in [6, 6.07) is 7.01. The zero-order valence-corrected chi connectivity index (χ0v) is 13.4. The van der Waals surface area contributed by atoms with E-state index in [1.54, 1.807) is 7.11 Å². The van der Waals surface area contributed by atoms with Crippen molar-refractivity contribution in [3.05, 3.63) is 29.3 Å². The molecule has 2 heteroatoms. The van der Waals surface area contributed by atoms with Gasteiger partial charge < -0.3 is 10.1 Å². The van der Waals surface area contributed by atoms with Crippen molar-refractivity contribution in [3.8, 4) is 5.75 Å². The van der Waals surface area contributed by atoms with Crippen LogP contribution >= 0.6 is 0 Å². The van der Waals surface area contributed by atoms with Crippen LogP contribution in [0.5, 0.6) is 5.75 Å². The number of ether oxygens (including phenoxy) is 1. The summed E-state index contributed by atoms with van der Waals surface area (Å²) >= 11 is 0. The van der Waals surface area contributed by atoms with Gasteiger partial charge in [-0.15, -0.1) is 0 Å². The fourth-order valence-corrected chi connectivity index (χ4v) is 3.73. The molecule has 0 radical (unpaired) electrons. The third kappa shape index (κ3) is 3.35. The normalized spacial score (nSPS) is 24.4. The molecule has 1 aliphatic rings. The van der Waals surface area contributed by atoms with E-state index in [4.69, 9.17) is 4.74 Å². The lowest BCUT2D eigenvalue weighted by atomic mass is 9.75. The van der Waals surface area contributed by atoms with Gasteiger partial charge in [0.15, 0.2) is 0 Å². The molecule has 0 amide bonds. The van der Waals surface area contributed by atoms with E-state index >= 15 is 0 Å². The van der Waals surface area contributed by atoms with Crippen molar-refractivity contribution in [1.29, 1.82) is 0 Å². The molecule has 1 aromatic rings. The molecule has 112 valence electrons. The highest BCUT2D eigenvalue weighted by Gasteiger charge is 2.29. The second-order valence-corrected chi connectivity index (χ2v) is 6.21. The van der Waals surface area contributed by atoms with Gasteiger partial charge in [0.2, 0.25) is 0 Å². The Labute approximate surface area is 123 Å². The Bertz CT molecular complexity index is 429. The van der Waals surface area contributed by atoms with Crippen LogP contribution in [0.3, 0.4) is 0 Å². The lowest BCUT2D eigenvalue weighted by molar-refractivity contribution is 0.212. The molecule has 1 saturated carbocycles.